The third kappa shape index (κ3) is 2.99. The lowest BCUT2D eigenvalue weighted by atomic mass is 10.0. The first-order chi connectivity index (χ1) is 9.33. The van der Waals surface area contributed by atoms with Crippen molar-refractivity contribution in [2.75, 3.05) is 13.1 Å². The van der Waals surface area contributed by atoms with E-state index in [9.17, 15) is 0 Å². The molecule has 0 atom stereocenters. The minimum Gasteiger partial charge on any atom is -0.299 e. The minimum atomic E-state index is 0.815. The molecule has 1 fully saturated rings. The maximum absolute atomic E-state index is 6.23. The summed E-state index contributed by atoms with van der Waals surface area (Å²) in [4.78, 5) is 2.52. The van der Waals surface area contributed by atoms with Gasteiger partial charge in [-0.1, -0.05) is 54.1 Å². The van der Waals surface area contributed by atoms with Gasteiger partial charge in [0.25, 0.3) is 0 Å². The molecule has 0 radical (unpaired) electrons. The molecule has 1 nitrogen and oxygen atoms in total. The summed E-state index contributed by atoms with van der Waals surface area (Å²) in [7, 11) is 0. The molecule has 0 N–H and O–H groups in total. The second-order valence-electron chi connectivity index (χ2n) is 5.16. The Bertz CT molecular complexity index is 541. The summed E-state index contributed by atoms with van der Waals surface area (Å²) < 4.78 is 0. The minimum absolute atomic E-state index is 0.815. The molecule has 1 aliphatic rings. The van der Waals surface area contributed by atoms with Crippen molar-refractivity contribution in [2.45, 2.75) is 19.4 Å². The van der Waals surface area contributed by atoms with Crippen molar-refractivity contribution >= 4 is 11.6 Å². The SMILES string of the molecule is Clc1ccccc1-c1ccc(CN2CCCC2)cc1. The van der Waals surface area contributed by atoms with Gasteiger partial charge in [-0.05, 0) is 43.1 Å². The lowest BCUT2D eigenvalue weighted by molar-refractivity contribution is 0.331. The van der Waals surface area contributed by atoms with E-state index in [2.05, 4.69) is 35.2 Å². The van der Waals surface area contributed by atoms with E-state index in [4.69, 9.17) is 11.6 Å². The van der Waals surface area contributed by atoms with Gasteiger partial charge in [-0.2, -0.15) is 0 Å². The molecule has 2 heteroatoms. The van der Waals surface area contributed by atoms with E-state index in [1.54, 1.807) is 0 Å². The standard InChI is InChI=1S/C17H18ClN/c18-17-6-2-1-5-16(17)15-9-7-14(8-10-15)13-19-11-3-4-12-19/h1-2,5-10H,3-4,11-13H2. The van der Waals surface area contributed by atoms with Crippen LogP contribution < -0.4 is 0 Å². The van der Waals surface area contributed by atoms with Gasteiger partial charge in [0.05, 0.1) is 0 Å². The van der Waals surface area contributed by atoms with E-state index in [1.807, 2.05) is 18.2 Å². The largest absolute Gasteiger partial charge is 0.299 e. The average Bonchev–Trinajstić information content (AvgIpc) is 2.93. The summed E-state index contributed by atoms with van der Waals surface area (Å²) in [5.74, 6) is 0. The predicted octanol–water partition coefficient (Wildman–Crippen LogP) is 4.60. The first-order valence-electron chi connectivity index (χ1n) is 6.89. The topological polar surface area (TPSA) is 3.24 Å². The third-order valence-electron chi connectivity index (χ3n) is 3.74. The highest BCUT2D eigenvalue weighted by Gasteiger charge is 2.11. The summed E-state index contributed by atoms with van der Waals surface area (Å²) >= 11 is 6.23. The molecule has 0 spiro atoms. The summed E-state index contributed by atoms with van der Waals surface area (Å²) in [6, 6.07) is 16.8. The van der Waals surface area contributed by atoms with Crippen LogP contribution >= 0.6 is 11.6 Å². The Morgan fingerprint density at radius 2 is 1.58 bits per heavy atom. The normalized spacial score (nSPS) is 15.8. The Hall–Kier alpha value is -1.31. The summed E-state index contributed by atoms with van der Waals surface area (Å²) in [5.41, 5.74) is 3.69. The monoisotopic (exact) mass is 271 g/mol. The van der Waals surface area contributed by atoms with Crippen LogP contribution in [0, 0.1) is 0 Å². The van der Waals surface area contributed by atoms with Gasteiger partial charge in [0.1, 0.15) is 0 Å². The highest BCUT2D eigenvalue weighted by molar-refractivity contribution is 6.33. The first-order valence-corrected chi connectivity index (χ1v) is 7.27. The van der Waals surface area contributed by atoms with Crippen LogP contribution in [0.4, 0.5) is 0 Å². The fraction of sp³-hybridized carbons (Fsp3) is 0.294. The fourth-order valence-corrected chi connectivity index (χ4v) is 2.93. The van der Waals surface area contributed by atoms with Gasteiger partial charge in [0.15, 0.2) is 0 Å². The van der Waals surface area contributed by atoms with Crippen molar-refractivity contribution < 1.29 is 0 Å². The quantitative estimate of drug-likeness (QED) is 0.788. The molecule has 98 valence electrons. The van der Waals surface area contributed by atoms with Crippen molar-refractivity contribution in [1.29, 1.82) is 0 Å². The predicted molar refractivity (Wildman–Crippen MR) is 81.4 cm³/mol. The Morgan fingerprint density at radius 3 is 2.26 bits per heavy atom. The van der Waals surface area contributed by atoms with Crippen LogP contribution in [0.5, 0.6) is 0 Å². The van der Waals surface area contributed by atoms with Gasteiger partial charge in [-0.25, -0.2) is 0 Å². The van der Waals surface area contributed by atoms with Crippen LogP contribution in [0.25, 0.3) is 11.1 Å². The second-order valence-corrected chi connectivity index (χ2v) is 5.57. The maximum Gasteiger partial charge on any atom is 0.0484 e. The van der Waals surface area contributed by atoms with Crippen molar-refractivity contribution in [3.05, 3.63) is 59.1 Å². The van der Waals surface area contributed by atoms with Gasteiger partial charge in [0.2, 0.25) is 0 Å². The molecule has 0 saturated carbocycles. The molecule has 1 heterocycles. The number of hydrogen-bond donors (Lipinski definition) is 0. The zero-order valence-corrected chi connectivity index (χ0v) is 11.7. The molecule has 19 heavy (non-hydrogen) atoms. The van der Waals surface area contributed by atoms with Crippen molar-refractivity contribution in [1.82, 2.24) is 4.90 Å². The first kappa shape index (κ1) is 12.7. The number of halogens is 1. The summed E-state index contributed by atoms with van der Waals surface area (Å²) in [5, 5.41) is 0.815. The maximum atomic E-state index is 6.23. The van der Waals surface area contributed by atoms with Crippen LogP contribution in [-0.2, 0) is 6.54 Å². The van der Waals surface area contributed by atoms with Gasteiger partial charge in [-0.15, -0.1) is 0 Å². The van der Waals surface area contributed by atoms with E-state index in [0.717, 1.165) is 17.1 Å². The van der Waals surface area contributed by atoms with E-state index in [0.29, 0.717) is 0 Å². The third-order valence-corrected chi connectivity index (χ3v) is 4.07. The van der Waals surface area contributed by atoms with Crippen molar-refractivity contribution in [2.24, 2.45) is 0 Å². The van der Waals surface area contributed by atoms with Crippen LogP contribution in [0.15, 0.2) is 48.5 Å². The van der Waals surface area contributed by atoms with Crippen molar-refractivity contribution in [3.63, 3.8) is 0 Å². The van der Waals surface area contributed by atoms with Gasteiger partial charge >= 0.3 is 0 Å². The molecule has 1 saturated heterocycles. The molecule has 3 rings (SSSR count). The average molecular weight is 272 g/mol. The highest BCUT2D eigenvalue weighted by Crippen LogP contribution is 2.27. The summed E-state index contributed by atoms with van der Waals surface area (Å²) in [6.07, 6.45) is 2.69. The molecule has 0 aromatic heterocycles. The summed E-state index contributed by atoms with van der Waals surface area (Å²) in [6.45, 7) is 3.56. The van der Waals surface area contributed by atoms with E-state index >= 15 is 0 Å². The van der Waals surface area contributed by atoms with Gasteiger partial charge in [0, 0.05) is 17.1 Å². The highest BCUT2D eigenvalue weighted by atomic mass is 35.5. The molecule has 0 unspecified atom stereocenters. The molecule has 0 aliphatic carbocycles. The van der Waals surface area contributed by atoms with E-state index in [1.165, 1.54) is 37.1 Å². The van der Waals surface area contributed by atoms with Crippen LogP contribution in [-0.4, -0.2) is 18.0 Å². The van der Waals surface area contributed by atoms with Crippen molar-refractivity contribution in [3.8, 4) is 11.1 Å². The molecule has 1 aliphatic heterocycles. The van der Waals surface area contributed by atoms with Crippen LogP contribution in [0.3, 0.4) is 0 Å². The Labute approximate surface area is 119 Å². The van der Waals surface area contributed by atoms with E-state index in [-0.39, 0.29) is 0 Å². The molecule has 2 aromatic rings. The smallest absolute Gasteiger partial charge is 0.0484 e. The Kier molecular flexibility index (Phi) is 3.86. The number of rotatable bonds is 3. The van der Waals surface area contributed by atoms with Crippen LogP contribution in [0.1, 0.15) is 18.4 Å². The molecule has 2 aromatic carbocycles. The second kappa shape index (κ2) is 5.77. The fourth-order valence-electron chi connectivity index (χ4n) is 2.68. The van der Waals surface area contributed by atoms with Crippen LogP contribution in [0.2, 0.25) is 5.02 Å². The lowest BCUT2D eigenvalue weighted by Crippen LogP contribution is -2.18. The van der Waals surface area contributed by atoms with Gasteiger partial charge < -0.3 is 0 Å². The van der Waals surface area contributed by atoms with Gasteiger partial charge in [-0.3, -0.25) is 4.90 Å². The molecule has 0 bridgehead atoms. The number of nitrogens with zero attached hydrogens (tertiary/aromatic N) is 1. The molecular formula is C17H18ClN. The Balaban J connectivity index is 1.77. The number of likely N-dealkylation sites (tertiary alicyclic amines) is 1. The zero-order valence-electron chi connectivity index (χ0n) is 11.0. The Morgan fingerprint density at radius 1 is 0.895 bits per heavy atom. The van der Waals surface area contributed by atoms with E-state index < -0.39 is 0 Å². The number of benzene rings is 2. The number of hydrogen-bond acceptors (Lipinski definition) is 1. The zero-order chi connectivity index (χ0) is 13.1. The molecule has 0 amide bonds. The molecular weight excluding hydrogens is 254 g/mol. The lowest BCUT2D eigenvalue weighted by Gasteiger charge is -2.14.